The van der Waals surface area contributed by atoms with Crippen LogP contribution in [-0.2, 0) is 14.3 Å². The van der Waals surface area contributed by atoms with Gasteiger partial charge >= 0.3 is 6.09 Å². The third kappa shape index (κ3) is 2.14. The molecule has 1 aliphatic heterocycles. The van der Waals surface area contributed by atoms with Crippen LogP contribution in [0.15, 0.2) is 60.7 Å². The molecule has 2 aromatic rings. The molecule has 0 aromatic heterocycles. The van der Waals surface area contributed by atoms with Gasteiger partial charge in [0.2, 0.25) is 0 Å². The molecule has 2 aromatic carbocycles. The van der Waals surface area contributed by atoms with Crippen LogP contribution in [0.2, 0.25) is 0 Å². The van der Waals surface area contributed by atoms with E-state index in [4.69, 9.17) is 4.74 Å². The topological polar surface area (TPSA) is 63.7 Å². The van der Waals surface area contributed by atoms with Gasteiger partial charge in [0.1, 0.15) is 5.76 Å². The van der Waals surface area contributed by atoms with E-state index in [1.165, 1.54) is 0 Å². The molecule has 3 amide bonds. The summed E-state index contributed by atoms with van der Waals surface area (Å²) in [6, 6.07) is 16.1. The summed E-state index contributed by atoms with van der Waals surface area (Å²) in [5, 5.41) is 0. The van der Waals surface area contributed by atoms with Crippen LogP contribution in [0.1, 0.15) is 16.7 Å². The van der Waals surface area contributed by atoms with Gasteiger partial charge in [-0.3, -0.25) is 9.59 Å². The third-order valence-electron chi connectivity index (χ3n) is 3.90. The second kappa shape index (κ2) is 5.31. The molecule has 4 rings (SSSR count). The maximum atomic E-state index is 12.4. The van der Waals surface area contributed by atoms with Gasteiger partial charge in [-0.1, -0.05) is 54.6 Å². The van der Waals surface area contributed by atoms with Crippen LogP contribution in [-0.4, -0.2) is 22.8 Å². The molecule has 0 fully saturated rings. The first-order valence-corrected chi connectivity index (χ1v) is 7.33. The van der Waals surface area contributed by atoms with Gasteiger partial charge in [-0.15, -0.1) is 0 Å². The van der Waals surface area contributed by atoms with Crippen molar-refractivity contribution in [3.05, 3.63) is 77.4 Å². The van der Waals surface area contributed by atoms with E-state index in [1.807, 2.05) is 18.2 Å². The molecule has 1 heterocycles. The van der Waals surface area contributed by atoms with E-state index in [9.17, 15) is 14.4 Å². The summed E-state index contributed by atoms with van der Waals surface area (Å²) in [6.45, 7) is 0. The Labute approximate surface area is 137 Å². The van der Waals surface area contributed by atoms with Crippen molar-refractivity contribution in [1.29, 1.82) is 0 Å². The van der Waals surface area contributed by atoms with E-state index in [-0.39, 0.29) is 5.57 Å². The quantitative estimate of drug-likeness (QED) is 0.799. The molecule has 24 heavy (non-hydrogen) atoms. The van der Waals surface area contributed by atoms with E-state index in [1.54, 1.807) is 42.5 Å². The summed E-state index contributed by atoms with van der Waals surface area (Å²) in [5.41, 5.74) is 2.49. The molecule has 116 valence electrons. The minimum Gasteiger partial charge on any atom is -0.409 e. The Morgan fingerprint density at radius 3 is 2.33 bits per heavy atom. The van der Waals surface area contributed by atoms with Crippen molar-refractivity contribution in [2.24, 2.45) is 0 Å². The van der Waals surface area contributed by atoms with E-state index in [2.05, 4.69) is 0 Å². The molecule has 5 heteroatoms. The highest BCUT2D eigenvalue weighted by Crippen LogP contribution is 2.34. The first-order valence-electron chi connectivity index (χ1n) is 7.33. The number of carbonyl (C=O) groups is 3. The molecule has 5 nitrogen and oxygen atoms in total. The number of benzene rings is 2. The summed E-state index contributed by atoms with van der Waals surface area (Å²) in [4.78, 5) is 37.2. The summed E-state index contributed by atoms with van der Waals surface area (Å²) < 4.78 is 5.19. The SMILES string of the molecule is O=C1C=C(c2ccccc2)C(=O)N1C(=O)OC1=Cc2ccccc21. The second-order valence-corrected chi connectivity index (χ2v) is 5.37. The summed E-state index contributed by atoms with van der Waals surface area (Å²) in [7, 11) is 0. The highest BCUT2D eigenvalue weighted by molar-refractivity contribution is 6.38. The Morgan fingerprint density at radius 2 is 1.58 bits per heavy atom. The number of nitrogens with zero attached hydrogens (tertiary/aromatic N) is 1. The Hall–Kier alpha value is -3.47. The number of hydrogen-bond donors (Lipinski definition) is 0. The Morgan fingerprint density at radius 1 is 0.875 bits per heavy atom. The Balaban J connectivity index is 1.53. The van der Waals surface area contributed by atoms with Crippen LogP contribution in [0.25, 0.3) is 17.4 Å². The van der Waals surface area contributed by atoms with Crippen molar-refractivity contribution in [2.75, 3.05) is 0 Å². The molecular formula is C19H11NO4. The standard InChI is InChI=1S/C19H11NO4/c21-17-11-15(12-6-2-1-3-7-12)18(22)20(17)19(23)24-16-10-13-8-4-5-9-14(13)16/h1-11H. The first kappa shape index (κ1) is 14.1. The van der Waals surface area contributed by atoms with Crippen LogP contribution in [0.3, 0.4) is 0 Å². The average molecular weight is 317 g/mol. The Kier molecular flexibility index (Phi) is 3.13. The van der Waals surface area contributed by atoms with Gasteiger partial charge in [-0.25, -0.2) is 4.79 Å². The van der Waals surface area contributed by atoms with Crippen molar-refractivity contribution < 1.29 is 19.1 Å². The molecule has 1 aliphatic carbocycles. The lowest BCUT2D eigenvalue weighted by atomic mass is 9.96. The number of hydrogen-bond acceptors (Lipinski definition) is 4. The number of ether oxygens (including phenoxy) is 1. The molecule has 0 bridgehead atoms. The zero-order chi connectivity index (χ0) is 16.7. The van der Waals surface area contributed by atoms with Gasteiger partial charge in [0, 0.05) is 11.6 Å². The lowest BCUT2D eigenvalue weighted by Crippen LogP contribution is -2.37. The van der Waals surface area contributed by atoms with Gasteiger partial charge in [-0.2, -0.15) is 4.90 Å². The molecule has 0 unspecified atom stereocenters. The second-order valence-electron chi connectivity index (χ2n) is 5.37. The molecule has 2 aliphatic rings. The van der Waals surface area contributed by atoms with Crippen LogP contribution in [0.5, 0.6) is 0 Å². The number of fused-ring (bicyclic) bond motifs is 1. The number of imide groups is 3. The monoisotopic (exact) mass is 317 g/mol. The molecule has 0 atom stereocenters. The normalized spacial score (nSPS) is 15.4. The maximum Gasteiger partial charge on any atom is 0.429 e. The predicted molar refractivity (Wildman–Crippen MR) is 87.1 cm³/mol. The highest BCUT2D eigenvalue weighted by Gasteiger charge is 2.39. The van der Waals surface area contributed by atoms with Crippen molar-refractivity contribution >= 4 is 35.3 Å². The molecule has 0 saturated carbocycles. The van der Waals surface area contributed by atoms with Crippen molar-refractivity contribution in [3.63, 3.8) is 0 Å². The van der Waals surface area contributed by atoms with Crippen molar-refractivity contribution in [2.45, 2.75) is 0 Å². The lowest BCUT2D eigenvalue weighted by Gasteiger charge is -2.21. The molecule has 0 spiro atoms. The lowest BCUT2D eigenvalue weighted by molar-refractivity contribution is -0.133. The fourth-order valence-electron chi connectivity index (χ4n) is 2.68. The molecule has 0 saturated heterocycles. The predicted octanol–water partition coefficient (Wildman–Crippen LogP) is 3.09. The van der Waals surface area contributed by atoms with Crippen molar-refractivity contribution in [3.8, 4) is 0 Å². The van der Waals surface area contributed by atoms with Gasteiger partial charge in [-0.05, 0) is 17.2 Å². The van der Waals surface area contributed by atoms with E-state index < -0.39 is 17.9 Å². The number of carbonyl (C=O) groups excluding carboxylic acids is 3. The smallest absolute Gasteiger partial charge is 0.409 e. The maximum absolute atomic E-state index is 12.4. The van der Waals surface area contributed by atoms with Crippen LogP contribution in [0.4, 0.5) is 4.79 Å². The minimum absolute atomic E-state index is 0.181. The van der Waals surface area contributed by atoms with Crippen molar-refractivity contribution in [1.82, 2.24) is 4.90 Å². The van der Waals surface area contributed by atoms with E-state index in [0.717, 1.165) is 17.2 Å². The van der Waals surface area contributed by atoms with Crippen LogP contribution < -0.4 is 0 Å². The number of amides is 3. The zero-order valence-corrected chi connectivity index (χ0v) is 12.4. The summed E-state index contributed by atoms with van der Waals surface area (Å²) in [5.74, 6) is -1.02. The highest BCUT2D eigenvalue weighted by atomic mass is 16.6. The van der Waals surface area contributed by atoms with Gasteiger partial charge in [0.05, 0.1) is 5.57 Å². The zero-order valence-electron chi connectivity index (χ0n) is 12.4. The van der Waals surface area contributed by atoms with Gasteiger partial charge in [0.15, 0.2) is 0 Å². The molecule has 0 radical (unpaired) electrons. The van der Waals surface area contributed by atoms with Crippen LogP contribution in [0, 0.1) is 0 Å². The Bertz CT molecular complexity index is 941. The van der Waals surface area contributed by atoms with Gasteiger partial charge in [0.25, 0.3) is 11.8 Å². The summed E-state index contributed by atoms with van der Waals surface area (Å²) >= 11 is 0. The third-order valence-corrected chi connectivity index (χ3v) is 3.90. The minimum atomic E-state index is -0.993. The van der Waals surface area contributed by atoms with Crippen LogP contribution >= 0.6 is 0 Å². The fraction of sp³-hybridized carbons (Fsp3) is 0. The molecular weight excluding hydrogens is 306 g/mol. The number of rotatable bonds is 2. The first-order chi connectivity index (χ1) is 11.6. The van der Waals surface area contributed by atoms with Gasteiger partial charge < -0.3 is 4.74 Å². The molecule has 0 N–H and O–H groups in total. The van der Waals surface area contributed by atoms with E-state index in [0.29, 0.717) is 16.2 Å². The fourth-order valence-corrected chi connectivity index (χ4v) is 2.68. The van der Waals surface area contributed by atoms with E-state index >= 15 is 0 Å². The average Bonchev–Trinajstić information content (AvgIpc) is 2.88. The summed E-state index contributed by atoms with van der Waals surface area (Å²) in [6.07, 6.45) is 1.85. The largest absolute Gasteiger partial charge is 0.429 e.